The largest absolute Gasteiger partial charge is 0.401 e. The minimum absolute atomic E-state index is 0.0340. The van der Waals surface area contributed by atoms with Gasteiger partial charge in [0, 0.05) is 207 Å². The number of carbonyl (C=O) groups excluding carboxylic acids is 2. The van der Waals surface area contributed by atoms with Gasteiger partial charge in [0.25, 0.3) is 22.9 Å². The average molecular weight is 1370 g/mol. The van der Waals surface area contributed by atoms with Crippen LogP contribution in [0.2, 0.25) is 0 Å². The lowest BCUT2D eigenvalue weighted by Crippen LogP contribution is -2.49. The van der Waals surface area contributed by atoms with Crippen LogP contribution in [0.5, 0.6) is 0 Å². The first-order valence-corrected chi connectivity index (χ1v) is 34.1. The molecule has 20 nitrogen and oxygen atoms in total. The molecular weight excluding hydrogens is 1280 g/mol. The Morgan fingerprint density at radius 2 is 1.14 bits per heavy atom. The summed E-state index contributed by atoms with van der Waals surface area (Å²) in [7, 11) is 0. The first-order valence-electron chi connectivity index (χ1n) is 34.1. The van der Waals surface area contributed by atoms with Gasteiger partial charge in [0.2, 0.25) is 0 Å². The summed E-state index contributed by atoms with van der Waals surface area (Å²) in [4.78, 5) is 73.8. The quantitative estimate of drug-likeness (QED) is 0.0570. The highest BCUT2D eigenvalue weighted by molar-refractivity contribution is 6.00. The topological polar surface area (TPSA) is 215 Å². The Kier molecular flexibility index (Phi) is 20.8. The molecule has 4 aliphatic heterocycles. The summed E-state index contributed by atoms with van der Waals surface area (Å²) in [5, 5.41) is 12.4. The van der Waals surface area contributed by atoms with Gasteiger partial charge in [-0.25, -0.2) is 4.98 Å². The third kappa shape index (κ3) is 15.6. The predicted molar refractivity (Wildman–Crippen MR) is 370 cm³/mol. The number of hydrogen-bond donors (Lipinski definition) is 5. The lowest BCUT2D eigenvalue weighted by molar-refractivity contribution is -0.150. The SMILES string of the molecule is Cc1c(C(=O)NCc2c(=O)[nH]c(C)c3ccccc23)cc2c(-c3ccc(N4CCC(N)CC4)nc3)ccn2c1C(C)N1CCN(CC(F)(F)F)CC1.Cc1cc(C)c(CNC(=O)c2cc3c(-c4cnn(C5CCOCC5)c4)ccn3c(C(C)N3CCN(CC(F)(F)F)CC3)c2C)c(=O)[nH]1. The molecule has 1 aromatic carbocycles. The number of carbonyl (C=O) groups is 2. The van der Waals surface area contributed by atoms with Gasteiger partial charge in [0.1, 0.15) is 5.82 Å². The molecule has 2 amide bonds. The van der Waals surface area contributed by atoms with Gasteiger partial charge in [0.15, 0.2) is 0 Å². The fraction of sp³-hybridized carbons (Fsp3) is 0.452. The minimum Gasteiger partial charge on any atom is -0.381 e. The first-order chi connectivity index (χ1) is 47.3. The Labute approximate surface area is 570 Å². The van der Waals surface area contributed by atoms with Crippen LogP contribution in [-0.2, 0) is 17.8 Å². The molecule has 0 aliphatic carbocycles. The molecule has 6 N–H and O–H groups in total. The molecule has 4 fully saturated rings. The Balaban J connectivity index is 0.000000189. The van der Waals surface area contributed by atoms with E-state index >= 15 is 0 Å². The van der Waals surface area contributed by atoms with Crippen molar-refractivity contribution in [3.05, 3.63) is 180 Å². The van der Waals surface area contributed by atoms with E-state index < -0.39 is 25.4 Å². The standard InChI is InChI=1S/C39H45F3N8O2.C34H42F3N7O3/c1-24-32(37(51)45-22-33-31-7-5-4-6-29(31)25(2)46-38(33)52)20-34-30(27-8-9-35(44-21-27)49-13-10-28(43)11-14-49)12-15-50(34)36(24)26(3)48-18-16-47(17-19-48)23-39(40,41)42;1-21-15-22(2)40-33(46)29(21)18-38-32(45)28-16-30-27(25-17-39-44(19-25)26-6-13-47-14-7-26)5-8-43(30)31(23(28)3)24(4)42-11-9-41(10-12-42)20-34(35,36)37/h4-9,12,15,20-21,26,28H,10-11,13-14,16-19,22-23,43H2,1-3H3,(H,45,51)(H,46,52);5,8,15-17,19,24,26H,6-7,9-14,18,20H2,1-4H3,(H,38,45)(H,40,46). The molecule has 8 aromatic heterocycles. The second-order valence-corrected chi connectivity index (χ2v) is 27.0. The lowest BCUT2D eigenvalue weighted by atomic mass is 9.98. The van der Waals surface area contributed by atoms with E-state index in [2.05, 4.69) is 49.2 Å². The van der Waals surface area contributed by atoms with Crippen molar-refractivity contribution < 1.29 is 40.7 Å². The average Bonchev–Trinajstić information content (AvgIpc) is 1.56. The molecule has 2 unspecified atom stereocenters. The molecule has 4 saturated heterocycles. The zero-order chi connectivity index (χ0) is 70.2. The van der Waals surface area contributed by atoms with Crippen LogP contribution in [0.3, 0.4) is 0 Å². The number of H-pyrrole nitrogens is 2. The van der Waals surface area contributed by atoms with Crippen LogP contribution in [0.4, 0.5) is 32.2 Å². The van der Waals surface area contributed by atoms with E-state index in [9.17, 15) is 45.5 Å². The van der Waals surface area contributed by atoms with Gasteiger partial charge >= 0.3 is 12.4 Å². The van der Waals surface area contributed by atoms with Crippen molar-refractivity contribution in [1.29, 1.82) is 0 Å². The van der Waals surface area contributed by atoms with E-state index in [0.29, 0.717) is 87.8 Å². The Morgan fingerprint density at radius 1 is 0.626 bits per heavy atom. The summed E-state index contributed by atoms with van der Waals surface area (Å²) in [5.74, 6) is 0.266. The highest BCUT2D eigenvalue weighted by atomic mass is 19.4. The molecule has 99 heavy (non-hydrogen) atoms. The normalized spacial score (nSPS) is 17.5. The van der Waals surface area contributed by atoms with Gasteiger partial charge in [-0.1, -0.05) is 24.3 Å². The molecule has 9 aromatic rings. The number of nitrogens with one attached hydrogen (secondary N) is 4. The number of halogens is 6. The Bertz CT molecular complexity index is 4520. The number of nitrogens with two attached hydrogens (primary N) is 1. The van der Waals surface area contributed by atoms with Gasteiger partial charge in [-0.15, -0.1) is 0 Å². The number of amides is 2. The lowest BCUT2D eigenvalue weighted by Gasteiger charge is -2.39. The molecular formula is C73H87F6N15O5. The third-order valence-corrected chi connectivity index (χ3v) is 20.5. The molecule has 526 valence electrons. The zero-order valence-electron chi connectivity index (χ0n) is 57.0. The number of aromatic nitrogens is 7. The molecule has 13 rings (SSSR count). The van der Waals surface area contributed by atoms with Gasteiger partial charge < -0.3 is 44.8 Å². The fourth-order valence-electron chi connectivity index (χ4n) is 15.0. The molecule has 4 aliphatic rings. The van der Waals surface area contributed by atoms with E-state index in [1.807, 2.05) is 151 Å². The Morgan fingerprint density at radius 3 is 1.66 bits per heavy atom. The predicted octanol–water partition coefficient (Wildman–Crippen LogP) is 10.5. The highest BCUT2D eigenvalue weighted by Gasteiger charge is 2.36. The van der Waals surface area contributed by atoms with Crippen LogP contribution in [0.15, 0.2) is 107 Å². The monoisotopic (exact) mass is 1370 g/mol. The number of aryl methyl sites for hydroxylation is 3. The fourth-order valence-corrected chi connectivity index (χ4v) is 15.0. The van der Waals surface area contributed by atoms with Crippen molar-refractivity contribution >= 4 is 39.4 Å². The Hall–Kier alpha value is -8.66. The van der Waals surface area contributed by atoms with E-state index in [0.717, 1.165) is 128 Å². The van der Waals surface area contributed by atoms with Gasteiger partial charge in [-0.05, 0) is 139 Å². The molecule has 0 radical (unpaired) electrons. The number of ether oxygens (including phenoxy) is 1. The number of pyridine rings is 5. The first kappa shape index (κ1) is 70.2. The summed E-state index contributed by atoms with van der Waals surface area (Å²) in [6, 6.07) is 21.4. The molecule has 0 spiro atoms. The van der Waals surface area contributed by atoms with Crippen LogP contribution in [-0.4, -0.2) is 175 Å². The second kappa shape index (κ2) is 29.3. The zero-order valence-corrected chi connectivity index (χ0v) is 57.0. The minimum atomic E-state index is -4.25. The number of rotatable bonds is 16. The third-order valence-electron chi connectivity index (χ3n) is 20.5. The molecule has 0 bridgehead atoms. The number of piperidine rings is 1. The smallest absolute Gasteiger partial charge is 0.381 e. The van der Waals surface area contributed by atoms with Gasteiger partial charge in [-0.3, -0.25) is 43.5 Å². The molecule has 2 atom stereocenters. The van der Waals surface area contributed by atoms with E-state index in [4.69, 9.17) is 15.5 Å². The summed E-state index contributed by atoms with van der Waals surface area (Å²) < 4.78 is 90.3. The van der Waals surface area contributed by atoms with Gasteiger partial charge in [-0.2, -0.15) is 31.4 Å². The molecule has 12 heterocycles. The van der Waals surface area contributed by atoms with E-state index in [1.165, 1.54) is 9.80 Å². The van der Waals surface area contributed by atoms with Crippen molar-refractivity contribution in [3.8, 4) is 22.3 Å². The number of alkyl halides is 6. The van der Waals surface area contributed by atoms with Crippen molar-refractivity contribution in [2.75, 3.05) is 96.7 Å². The number of anilines is 1. The van der Waals surface area contributed by atoms with Crippen LogP contribution >= 0.6 is 0 Å². The second-order valence-electron chi connectivity index (χ2n) is 27.0. The molecule has 26 heteroatoms. The van der Waals surface area contributed by atoms with Crippen molar-refractivity contribution in [3.63, 3.8) is 0 Å². The number of nitrogens with zero attached hydrogens (tertiary/aromatic N) is 10. The number of aromatic amines is 2. The number of fused-ring (bicyclic) bond motifs is 3. The van der Waals surface area contributed by atoms with Gasteiger partial charge in [0.05, 0.1) is 36.4 Å². The van der Waals surface area contributed by atoms with E-state index in [-0.39, 0.29) is 60.2 Å². The number of benzene rings is 1. The van der Waals surface area contributed by atoms with E-state index in [1.54, 1.807) is 0 Å². The number of piperazine rings is 2. The van der Waals surface area contributed by atoms with Crippen molar-refractivity contribution in [2.24, 2.45) is 5.73 Å². The maximum absolute atomic E-state index is 14.2. The van der Waals surface area contributed by atoms with Crippen LogP contribution in [0, 0.1) is 34.6 Å². The number of hydrogen-bond acceptors (Lipinski definition) is 13. The van der Waals surface area contributed by atoms with Crippen LogP contribution < -0.4 is 32.4 Å². The maximum Gasteiger partial charge on any atom is 0.401 e. The van der Waals surface area contributed by atoms with Crippen LogP contribution in [0.25, 0.3) is 44.1 Å². The van der Waals surface area contributed by atoms with Crippen LogP contribution in [0.1, 0.15) is 129 Å². The van der Waals surface area contributed by atoms with Crippen molar-refractivity contribution in [2.45, 2.75) is 124 Å². The summed E-state index contributed by atoms with van der Waals surface area (Å²) in [6.07, 6.45) is 4.87. The molecule has 0 saturated carbocycles. The van der Waals surface area contributed by atoms with Crippen molar-refractivity contribution in [1.82, 2.24) is 63.8 Å². The summed E-state index contributed by atoms with van der Waals surface area (Å²) in [6.45, 7) is 17.9. The summed E-state index contributed by atoms with van der Waals surface area (Å²) >= 11 is 0. The highest BCUT2D eigenvalue weighted by Crippen LogP contribution is 2.38. The summed E-state index contributed by atoms with van der Waals surface area (Å²) in [5.41, 5.74) is 18.5. The maximum atomic E-state index is 14.2.